The molecule has 8 heteroatoms. The molecule has 0 saturated heterocycles. The van der Waals surface area contributed by atoms with Crippen LogP contribution in [0.25, 0.3) is 10.9 Å². The van der Waals surface area contributed by atoms with Gasteiger partial charge in [-0.2, -0.15) is 5.26 Å². The van der Waals surface area contributed by atoms with Crippen LogP contribution in [0.3, 0.4) is 0 Å². The first kappa shape index (κ1) is 23.7. The van der Waals surface area contributed by atoms with E-state index in [1.807, 2.05) is 31.2 Å². The van der Waals surface area contributed by atoms with E-state index in [2.05, 4.69) is 0 Å². The average molecular weight is 450 g/mol. The number of esters is 2. The van der Waals surface area contributed by atoms with Gasteiger partial charge in [0.05, 0.1) is 24.8 Å². The predicted molar refractivity (Wildman–Crippen MR) is 119 cm³/mol. The third-order valence-electron chi connectivity index (χ3n) is 5.13. The molecule has 0 bridgehead atoms. The number of carbonyl (C=O) groups excluding carboxylic acids is 2. The van der Waals surface area contributed by atoms with Crippen LogP contribution >= 0.6 is 0 Å². The Balaban J connectivity index is 2.27. The number of ether oxygens (including phenoxy) is 2. The fourth-order valence-corrected chi connectivity index (χ4v) is 3.50. The average Bonchev–Trinajstić information content (AvgIpc) is 2.78. The van der Waals surface area contributed by atoms with Gasteiger partial charge in [-0.3, -0.25) is 9.59 Å². The van der Waals surface area contributed by atoms with Gasteiger partial charge in [0.2, 0.25) is 5.43 Å². The molecule has 1 heterocycles. The van der Waals surface area contributed by atoms with Crippen LogP contribution in [0.2, 0.25) is 0 Å². The maximum absolute atomic E-state index is 15.0. The van der Waals surface area contributed by atoms with Crippen molar-refractivity contribution in [2.24, 2.45) is 0 Å². The van der Waals surface area contributed by atoms with Crippen LogP contribution in [-0.2, 0) is 20.8 Å². The number of carbonyl (C=O) groups is 2. The standard InChI is InChI=1S/C25H23FN2O5/c1-4-32-24(30)19(12-27)17-11-22-18(10-21(17)26)23(29)20(25(31)33-5-2)14-28(22)13-16-8-6-15(3)7-9-16/h6-11,14,19H,4-5,13H2,1-3H3. The van der Waals surface area contributed by atoms with E-state index < -0.39 is 29.1 Å². The first-order valence-corrected chi connectivity index (χ1v) is 10.5. The molecule has 3 aromatic rings. The highest BCUT2D eigenvalue weighted by atomic mass is 19.1. The molecule has 2 aromatic carbocycles. The zero-order valence-corrected chi connectivity index (χ0v) is 18.6. The van der Waals surface area contributed by atoms with E-state index in [-0.39, 0.29) is 41.8 Å². The molecule has 170 valence electrons. The number of nitriles is 1. The minimum absolute atomic E-state index is 0.0350. The summed E-state index contributed by atoms with van der Waals surface area (Å²) in [4.78, 5) is 37.6. The first-order chi connectivity index (χ1) is 15.8. The molecule has 33 heavy (non-hydrogen) atoms. The molecule has 0 aliphatic rings. The summed E-state index contributed by atoms with van der Waals surface area (Å²) in [7, 11) is 0. The number of aryl methyl sites for hydroxylation is 1. The van der Waals surface area contributed by atoms with Gasteiger partial charge in [0.1, 0.15) is 11.4 Å². The van der Waals surface area contributed by atoms with Gasteiger partial charge >= 0.3 is 11.9 Å². The van der Waals surface area contributed by atoms with E-state index in [1.165, 1.54) is 12.3 Å². The maximum atomic E-state index is 15.0. The summed E-state index contributed by atoms with van der Waals surface area (Å²) in [6, 6.07) is 11.6. The molecule has 0 spiro atoms. The van der Waals surface area contributed by atoms with Crippen LogP contribution in [0, 0.1) is 24.1 Å². The number of halogens is 1. The molecular weight excluding hydrogens is 427 g/mol. The fraction of sp³-hybridized carbons (Fsp3) is 0.280. The Labute approximate surface area is 190 Å². The molecule has 0 aliphatic heterocycles. The molecule has 0 fully saturated rings. The Morgan fingerprint density at radius 1 is 1.12 bits per heavy atom. The molecule has 0 saturated carbocycles. The minimum atomic E-state index is -1.50. The maximum Gasteiger partial charge on any atom is 0.343 e. The third kappa shape index (κ3) is 4.93. The van der Waals surface area contributed by atoms with Crippen LogP contribution in [0.1, 0.15) is 46.8 Å². The summed E-state index contributed by atoms with van der Waals surface area (Å²) >= 11 is 0. The number of hydrogen-bond acceptors (Lipinski definition) is 6. The number of hydrogen-bond donors (Lipinski definition) is 0. The van der Waals surface area contributed by atoms with E-state index in [0.717, 1.165) is 17.2 Å². The van der Waals surface area contributed by atoms with Crippen molar-refractivity contribution in [3.8, 4) is 6.07 Å². The largest absolute Gasteiger partial charge is 0.465 e. The van der Waals surface area contributed by atoms with E-state index in [0.29, 0.717) is 0 Å². The number of fused-ring (bicyclic) bond motifs is 1. The summed E-state index contributed by atoms with van der Waals surface area (Å²) in [6.45, 7) is 5.51. The molecule has 0 radical (unpaired) electrons. The van der Waals surface area contributed by atoms with Crippen molar-refractivity contribution in [2.75, 3.05) is 13.2 Å². The quantitative estimate of drug-likeness (QED) is 0.507. The van der Waals surface area contributed by atoms with Crippen molar-refractivity contribution in [1.82, 2.24) is 4.57 Å². The molecule has 0 amide bonds. The van der Waals surface area contributed by atoms with Gasteiger partial charge < -0.3 is 14.0 Å². The second-order valence-electron chi connectivity index (χ2n) is 7.41. The van der Waals surface area contributed by atoms with Gasteiger partial charge in [0.15, 0.2) is 5.92 Å². The van der Waals surface area contributed by atoms with Crippen molar-refractivity contribution >= 4 is 22.8 Å². The van der Waals surface area contributed by atoms with Crippen molar-refractivity contribution in [3.63, 3.8) is 0 Å². The lowest BCUT2D eigenvalue weighted by molar-refractivity contribution is -0.143. The van der Waals surface area contributed by atoms with Crippen molar-refractivity contribution in [3.05, 3.63) is 80.9 Å². The highest BCUT2D eigenvalue weighted by molar-refractivity contribution is 5.94. The van der Waals surface area contributed by atoms with Gasteiger partial charge in [-0.1, -0.05) is 29.8 Å². The van der Waals surface area contributed by atoms with Crippen molar-refractivity contribution < 1.29 is 23.5 Å². The Kier molecular flexibility index (Phi) is 7.23. The van der Waals surface area contributed by atoms with Crippen LogP contribution in [0.5, 0.6) is 0 Å². The van der Waals surface area contributed by atoms with E-state index in [4.69, 9.17) is 9.47 Å². The Morgan fingerprint density at radius 2 is 1.79 bits per heavy atom. The zero-order valence-electron chi connectivity index (χ0n) is 18.6. The van der Waals surface area contributed by atoms with E-state index in [9.17, 15) is 24.0 Å². The second kappa shape index (κ2) is 10.1. The summed E-state index contributed by atoms with van der Waals surface area (Å²) in [5.74, 6) is -4.11. The zero-order chi connectivity index (χ0) is 24.1. The molecular formula is C25H23FN2O5. The molecule has 1 unspecified atom stereocenters. The van der Waals surface area contributed by atoms with Crippen LogP contribution in [0.15, 0.2) is 47.4 Å². The normalized spacial score (nSPS) is 11.6. The number of pyridine rings is 1. The smallest absolute Gasteiger partial charge is 0.343 e. The Morgan fingerprint density at radius 3 is 2.39 bits per heavy atom. The lowest BCUT2D eigenvalue weighted by Crippen LogP contribution is -2.22. The lowest BCUT2D eigenvalue weighted by Gasteiger charge is -2.16. The molecule has 7 nitrogen and oxygen atoms in total. The summed E-state index contributed by atoms with van der Waals surface area (Å²) in [5.41, 5.74) is 1.07. The van der Waals surface area contributed by atoms with Crippen LogP contribution in [0.4, 0.5) is 4.39 Å². The summed E-state index contributed by atoms with van der Waals surface area (Å²) in [5, 5.41) is 9.43. The first-order valence-electron chi connectivity index (χ1n) is 10.5. The monoisotopic (exact) mass is 450 g/mol. The highest BCUT2D eigenvalue weighted by Gasteiger charge is 2.27. The van der Waals surface area contributed by atoms with Crippen LogP contribution < -0.4 is 5.43 Å². The van der Waals surface area contributed by atoms with Gasteiger partial charge in [-0.25, -0.2) is 9.18 Å². The topological polar surface area (TPSA) is 98.4 Å². The van der Waals surface area contributed by atoms with Gasteiger partial charge in [-0.15, -0.1) is 0 Å². The fourth-order valence-electron chi connectivity index (χ4n) is 3.50. The predicted octanol–water partition coefficient (Wildman–Crippen LogP) is 3.84. The lowest BCUT2D eigenvalue weighted by atomic mass is 9.97. The number of benzene rings is 2. The molecule has 0 N–H and O–H groups in total. The minimum Gasteiger partial charge on any atom is -0.465 e. The molecule has 1 atom stereocenters. The number of aromatic nitrogens is 1. The molecule has 3 rings (SSSR count). The molecule has 0 aliphatic carbocycles. The summed E-state index contributed by atoms with van der Waals surface area (Å²) < 4.78 is 26.5. The number of rotatable bonds is 7. The van der Waals surface area contributed by atoms with E-state index >= 15 is 0 Å². The Bertz CT molecular complexity index is 1310. The van der Waals surface area contributed by atoms with Crippen molar-refractivity contribution in [1.29, 1.82) is 5.26 Å². The van der Waals surface area contributed by atoms with Gasteiger partial charge in [0.25, 0.3) is 0 Å². The SMILES string of the molecule is CCOC(=O)c1cn(Cc2ccc(C)cc2)c2cc(C(C#N)C(=O)OCC)c(F)cc2c1=O. The Hall–Kier alpha value is -3.99. The third-order valence-corrected chi connectivity index (χ3v) is 5.13. The molecule has 1 aromatic heterocycles. The van der Waals surface area contributed by atoms with Gasteiger partial charge in [0, 0.05) is 23.7 Å². The van der Waals surface area contributed by atoms with Gasteiger partial charge in [-0.05, 0) is 38.5 Å². The highest BCUT2D eigenvalue weighted by Crippen LogP contribution is 2.26. The van der Waals surface area contributed by atoms with E-state index in [1.54, 1.807) is 24.5 Å². The second-order valence-corrected chi connectivity index (χ2v) is 7.41. The number of nitrogens with zero attached hydrogens (tertiary/aromatic N) is 2. The summed E-state index contributed by atoms with van der Waals surface area (Å²) in [6.07, 6.45) is 1.36. The van der Waals surface area contributed by atoms with Crippen molar-refractivity contribution in [2.45, 2.75) is 33.2 Å². The van der Waals surface area contributed by atoms with Crippen LogP contribution in [-0.4, -0.2) is 29.7 Å².